The molecule has 0 bridgehead atoms. The van der Waals surface area contributed by atoms with Gasteiger partial charge in [0.1, 0.15) is 0 Å². The van der Waals surface area contributed by atoms with Crippen molar-refractivity contribution in [2.24, 2.45) is 0 Å². The zero-order valence-corrected chi connectivity index (χ0v) is 16.2. The summed E-state index contributed by atoms with van der Waals surface area (Å²) in [5.74, 6) is 0. The first-order valence-electron chi connectivity index (χ1n) is 8.89. The normalized spacial score (nSPS) is 29.9. The number of hydroxylamine groups is 1. The molecule has 4 nitrogen and oxygen atoms in total. The Morgan fingerprint density at radius 3 is 3.08 bits per heavy atom. The molecule has 2 aliphatic heterocycles. The van der Waals surface area contributed by atoms with Gasteiger partial charge in [-0.2, -0.15) is 0 Å². The van der Waals surface area contributed by atoms with Crippen LogP contribution in [-0.4, -0.2) is 24.2 Å². The van der Waals surface area contributed by atoms with Crippen LogP contribution in [0.1, 0.15) is 47.6 Å². The Balaban J connectivity index is 1.74. The van der Waals surface area contributed by atoms with E-state index in [2.05, 4.69) is 35.9 Å². The van der Waals surface area contributed by atoms with Gasteiger partial charge in [0.15, 0.2) is 0 Å². The molecule has 2 N–H and O–H groups in total. The van der Waals surface area contributed by atoms with Gasteiger partial charge in [0, 0.05) is 28.6 Å². The average molecular weight is 378 g/mol. The number of piperidine rings is 1. The average Bonchev–Trinajstić information content (AvgIpc) is 2.94. The standard InChI is InChI=1S/C19H24ClN3OS/c1-12-4-3-5-15(22-12)16-10-19(9-13(2)23-16)11-21-24-7-6-14-8-17(20)25-18(14)19/h3-5,8,13,16,21,23H,6-7,9-11H2,1-2H3. The van der Waals surface area contributed by atoms with Crippen molar-refractivity contribution in [2.75, 3.05) is 13.2 Å². The van der Waals surface area contributed by atoms with Crippen LogP contribution in [0.5, 0.6) is 0 Å². The van der Waals surface area contributed by atoms with Gasteiger partial charge in [0.2, 0.25) is 0 Å². The minimum absolute atomic E-state index is 0.0221. The van der Waals surface area contributed by atoms with Crippen molar-refractivity contribution < 1.29 is 4.84 Å². The van der Waals surface area contributed by atoms with Crippen LogP contribution in [0.4, 0.5) is 0 Å². The zero-order chi connectivity index (χ0) is 17.4. The summed E-state index contributed by atoms with van der Waals surface area (Å²) in [5, 5.41) is 3.75. The molecule has 6 heteroatoms. The lowest BCUT2D eigenvalue weighted by molar-refractivity contribution is 0.0153. The maximum absolute atomic E-state index is 6.40. The number of aromatic nitrogens is 1. The lowest BCUT2D eigenvalue weighted by Crippen LogP contribution is -2.52. The highest BCUT2D eigenvalue weighted by atomic mass is 35.5. The van der Waals surface area contributed by atoms with E-state index in [1.807, 2.05) is 13.0 Å². The Hall–Kier alpha value is -0.980. The first-order chi connectivity index (χ1) is 12.1. The highest BCUT2D eigenvalue weighted by Crippen LogP contribution is 2.47. The van der Waals surface area contributed by atoms with Crippen LogP contribution in [0, 0.1) is 6.92 Å². The zero-order valence-electron chi connectivity index (χ0n) is 14.6. The third kappa shape index (κ3) is 3.49. The first kappa shape index (κ1) is 17.4. The fraction of sp³-hybridized carbons (Fsp3) is 0.526. The SMILES string of the molecule is Cc1cccc(C2CC3(CNOCCc4cc(Cl)sc43)CC(C)N2)n1. The number of fused-ring (bicyclic) bond motifs is 2. The maximum atomic E-state index is 6.40. The summed E-state index contributed by atoms with van der Waals surface area (Å²) in [7, 11) is 0. The predicted molar refractivity (Wildman–Crippen MR) is 102 cm³/mol. The maximum Gasteiger partial charge on any atom is 0.0934 e. The Labute approximate surface area is 157 Å². The molecule has 2 aliphatic rings. The van der Waals surface area contributed by atoms with E-state index in [1.54, 1.807) is 11.3 Å². The van der Waals surface area contributed by atoms with Crippen LogP contribution in [0.3, 0.4) is 0 Å². The highest BCUT2D eigenvalue weighted by molar-refractivity contribution is 7.16. The van der Waals surface area contributed by atoms with Gasteiger partial charge >= 0.3 is 0 Å². The van der Waals surface area contributed by atoms with Gasteiger partial charge in [0.25, 0.3) is 0 Å². The number of rotatable bonds is 1. The first-order valence-corrected chi connectivity index (χ1v) is 10.1. The summed E-state index contributed by atoms with van der Waals surface area (Å²) in [5.41, 5.74) is 6.77. The smallest absolute Gasteiger partial charge is 0.0934 e. The molecule has 3 unspecified atom stereocenters. The van der Waals surface area contributed by atoms with E-state index in [-0.39, 0.29) is 11.5 Å². The topological polar surface area (TPSA) is 46.2 Å². The van der Waals surface area contributed by atoms with Gasteiger partial charge in [-0.25, -0.2) is 5.48 Å². The van der Waals surface area contributed by atoms with E-state index in [4.69, 9.17) is 21.4 Å². The molecule has 3 atom stereocenters. The summed E-state index contributed by atoms with van der Waals surface area (Å²) in [6, 6.07) is 9.04. The van der Waals surface area contributed by atoms with Gasteiger partial charge in [-0.1, -0.05) is 17.7 Å². The van der Waals surface area contributed by atoms with Gasteiger partial charge in [-0.3, -0.25) is 4.98 Å². The minimum Gasteiger partial charge on any atom is -0.306 e. The second-order valence-electron chi connectivity index (χ2n) is 7.34. The van der Waals surface area contributed by atoms with Crippen LogP contribution in [0.2, 0.25) is 4.34 Å². The molecule has 2 aromatic heterocycles. The van der Waals surface area contributed by atoms with Gasteiger partial charge in [0.05, 0.1) is 22.7 Å². The van der Waals surface area contributed by atoms with E-state index in [9.17, 15) is 0 Å². The lowest BCUT2D eigenvalue weighted by Gasteiger charge is -2.45. The monoisotopic (exact) mass is 377 g/mol. The van der Waals surface area contributed by atoms with E-state index >= 15 is 0 Å². The van der Waals surface area contributed by atoms with Crippen molar-refractivity contribution in [3.05, 3.63) is 50.4 Å². The van der Waals surface area contributed by atoms with Crippen molar-refractivity contribution in [3.8, 4) is 0 Å². The Morgan fingerprint density at radius 2 is 2.24 bits per heavy atom. The lowest BCUT2D eigenvalue weighted by atomic mass is 9.70. The minimum atomic E-state index is 0.0221. The summed E-state index contributed by atoms with van der Waals surface area (Å²) < 4.78 is 0.877. The van der Waals surface area contributed by atoms with Crippen LogP contribution in [0.25, 0.3) is 0 Å². The molecule has 0 aliphatic carbocycles. The van der Waals surface area contributed by atoms with Crippen molar-refractivity contribution in [1.82, 2.24) is 15.8 Å². The Morgan fingerprint density at radius 1 is 1.36 bits per heavy atom. The molecule has 134 valence electrons. The molecule has 1 fully saturated rings. The predicted octanol–water partition coefficient (Wildman–Crippen LogP) is 3.93. The van der Waals surface area contributed by atoms with Gasteiger partial charge in [-0.15, -0.1) is 11.3 Å². The van der Waals surface area contributed by atoms with E-state index in [1.165, 1.54) is 10.4 Å². The Bertz CT molecular complexity index is 765. The fourth-order valence-electron chi connectivity index (χ4n) is 4.33. The van der Waals surface area contributed by atoms with Crippen LogP contribution >= 0.6 is 22.9 Å². The second kappa shape index (κ2) is 6.97. The number of hydrogen-bond donors (Lipinski definition) is 2. The van der Waals surface area contributed by atoms with Crippen molar-refractivity contribution in [3.63, 3.8) is 0 Å². The highest BCUT2D eigenvalue weighted by Gasteiger charge is 2.44. The number of nitrogens with one attached hydrogen (secondary N) is 2. The number of hydrogen-bond acceptors (Lipinski definition) is 5. The molecule has 0 aromatic carbocycles. The van der Waals surface area contributed by atoms with E-state index in [0.29, 0.717) is 12.6 Å². The van der Waals surface area contributed by atoms with Crippen molar-refractivity contribution in [1.29, 1.82) is 0 Å². The molecule has 0 radical (unpaired) electrons. The quantitative estimate of drug-likeness (QED) is 0.790. The number of aryl methyl sites for hydroxylation is 1. The Kier molecular flexibility index (Phi) is 4.86. The third-order valence-corrected chi connectivity index (χ3v) is 6.84. The van der Waals surface area contributed by atoms with Crippen molar-refractivity contribution in [2.45, 2.75) is 50.6 Å². The fourth-order valence-corrected chi connectivity index (χ4v) is 5.84. The number of nitrogens with zero attached hydrogens (tertiary/aromatic N) is 1. The summed E-state index contributed by atoms with van der Waals surface area (Å²) in [6.45, 7) is 5.81. The van der Waals surface area contributed by atoms with Crippen LogP contribution in [0.15, 0.2) is 24.3 Å². The molecule has 0 saturated carbocycles. The van der Waals surface area contributed by atoms with E-state index in [0.717, 1.165) is 41.5 Å². The van der Waals surface area contributed by atoms with Gasteiger partial charge < -0.3 is 10.2 Å². The summed E-state index contributed by atoms with van der Waals surface area (Å²) >= 11 is 8.14. The molecule has 4 rings (SSSR count). The number of halogens is 1. The molecule has 2 aromatic rings. The summed E-state index contributed by atoms with van der Waals surface area (Å²) in [6.07, 6.45) is 2.96. The molecule has 1 spiro atoms. The molecule has 4 heterocycles. The molecular formula is C19H24ClN3OS. The van der Waals surface area contributed by atoms with Crippen LogP contribution in [-0.2, 0) is 16.7 Å². The number of pyridine rings is 1. The summed E-state index contributed by atoms with van der Waals surface area (Å²) in [4.78, 5) is 11.8. The molecular weight excluding hydrogens is 354 g/mol. The molecule has 1 saturated heterocycles. The third-order valence-electron chi connectivity index (χ3n) is 5.29. The largest absolute Gasteiger partial charge is 0.306 e. The molecule has 25 heavy (non-hydrogen) atoms. The number of thiophene rings is 1. The van der Waals surface area contributed by atoms with Gasteiger partial charge in [-0.05, 0) is 56.9 Å². The van der Waals surface area contributed by atoms with Crippen molar-refractivity contribution >= 4 is 22.9 Å². The second-order valence-corrected chi connectivity index (χ2v) is 9.02. The van der Waals surface area contributed by atoms with E-state index < -0.39 is 0 Å². The molecule has 0 amide bonds. The van der Waals surface area contributed by atoms with Crippen LogP contribution < -0.4 is 10.8 Å².